The van der Waals surface area contributed by atoms with Crippen molar-refractivity contribution in [1.82, 2.24) is 4.90 Å². The van der Waals surface area contributed by atoms with Crippen LogP contribution >= 0.6 is 11.6 Å². The number of carbonyl (C=O) groups is 2. The molecule has 2 rings (SSSR count). The summed E-state index contributed by atoms with van der Waals surface area (Å²) in [5, 5.41) is 0.553. The highest BCUT2D eigenvalue weighted by molar-refractivity contribution is 6.31. The summed E-state index contributed by atoms with van der Waals surface area (Å²) >= 11 is 6.01. The Balaban J connectivity index is 2.10. The smallest absolute Gasteiger partial charge is 0.310 e. The first-order valence-electron chi connectivity index (χ1n) is 7.24. The van der Waals surface area contributed by atoms with E-state index in [1.807, 2.05) is 19.1 Å². The molecule has 4 nitrogen and oxygen atoms in total. The molecule has 0 unspecified atom stereocenters. The van der Waals surface area contributed by atoms with E-state index < -0.39 is 0 Å². The van der Waals surface area contributed by atoms with Crippen molar-refractivity contribution < 1.29 is 14.3 Å². The van der Waals surface area contributed by atoms with E-state index in [0.29, 0.717) is 30.3 Å². The highest BCUT2D eigenvalue weighted by Crippen LogP contribution is 2.22. The minimum Gasteiger partial charge on any atom is -0.466 e. The lowest BCUT2D eigenvalue weighted by Gasteiger charge is -2.31. The van der Waals surface area contributed by atoms with Gasteiger partial charge in [-0.2, -0.15) is 0 Å². The number of aryl methyl sites for hydroxylation is 1. The third-order valence-electron chi connectivity index (χ3n) is 3.62. The molecule has 1 aromatic rings. The monoisotopic (exact) mass is 309 g/mol. The molecule has 1 saturated heterocycles. The summed E-state index contributed by atoms with van der Waals surface area (Å²) in [5.74, 6) is -0.505. The van der Waals surface area contributed by atoms with E-state index in [4.69, 9.17) is 16.3 Å². The van der Waals surface area contributed by atoms with Crippen LogP contribution in [0.5, 0.6) is 0 Å². The van der Waals surface area contributed by atoms with Crippen molar-refractivity contribution in [3.05, 3.63) is 34.3 Å². The molecule has 0 bridgehead atoms. The maximum Gasteiger partial charge on any atom is 0.310 e. The van der Waals surface area contributed by atoms with Gasteiger partial charge in [-0.15, -0.1) is 0 Å². The van der Waals surface area contributed by atoms with Gasteiger partial charge in [0.25, 0.3) is 5.91 Å². The Morgan fingerprint density at radius 1 is 1.38 bits per heavy atom. The second-order valence-corrected chi connectivity index (χ2v) is 5.80. The van der Waals surface area contributed by atoms with Gasteiger partial charge in [-0.3, -0.25) is 9.59 Å². The normalized spacial score (nSPS) is 18.4. The zero-order valence-corrected chi connectivity index (χ0v) is 13.2. The summed E-state index contributed by atoms with van der Waals surface area (Å²) in [7, 11) is 0. The third-order valence-corrected chi connectivity index (χ3v) is 3.84. The van der Waals surface area contributed by atoms with Gasteiger partial charge >= 0.3 is 5.97 Å². The zero-order chi connectivity index (χ0) is 15.4. The fourth-order valence-electron chi connectivity index (χ4n) is 2.66. The lowest BCUT2D eigenvalue weighted by Crippen LogP contribution is -2.42. The number of carbonyl (C=O) groups excluding carboxylic acids is 2. The van der Waals surface area contributed by atoms with Crippen LogP contribution in [-0.2, 0) is 9.53 Å². The Kier molecular flexibility index (Phi) is 5.23. The number of piperidine rings is 1. The minimum atomic E-state index is -0.220. The molecule has 0 N–H and O–H groups in total. The van der Waals surface area contributed by atoms with Gasteiger partial charge in [0.15, 0.2) is 0 Å². The number of ether oxygens (including phenoxy) is 1. The highest BCUT2D eigenvalue weighted by atomic mass is 35.5. The van der Waals surface area contributed by atoms with E-state index >= 15 is 0 Å². The van der Waals surface area contributed by atoms with Crippen molar-refractivity contribution in [2.24, 2.45) is 5.92 Å². The Morgan fingerprint density at radius 3 is 2.81 bits per heavy atom. The Hall–Kier alpha value is -1.55. The van der Waals surface area contributed by atoms with E-state index in [1.165, 1.54) is 0 Å². The SMILES string of the molecule is CCOC(=O)[C@H]1CCCN(C(=O)c2cc(C)cc(Cl)c2)C1. The van der Waals surface area contributed by atoms with E-state index in [0.717, 1.165) is 18.4 Å². The molecule has 0 saturated carbocycles. The third kappa shape index (κ3) is 3.97. The molecule has 0 aliphatic carbocycles. The molecule has 1 aliphatic heterocycles. The summed E-state index contributed by atoms with van der Waals surface area (Å²) < 4.78 is 5.06. The molecule has 0 spiro atoms. The van der Waals surface area contributed by atoms with Crippen LogP contribution in [0.1, 0.15) is 35.7 Å². The number of likely N-dealkylation sites (tertiary alicyclic amines) is 1. The van der Waals surface area contributed by atoms with Crippen molar-refractivity contribution in [1.29, 1.82) is 0 Å². The molecule has 1 amide bonds. The maximum atomic E-state index is 12.5. The summed E-state index contributed by atoms with van der Waals surface area (Å²) in [6.07, 6.45) is 1.59. The van der Waals surface area contributed by atoms with Crippen molar-refractivity contribution in [2.45, 2.75) is 26.7 Å². The number of hydrogen-bond donors (Lipinski definition) is 0. The quantitative estimate of drug-likeness (QED) is 0.806. The molecule has 1 heterocycles. The number of halogens is 1. The van der Waals surface area contributed by atoms with Crippen LogP contribution in [0.25, 0.3) is 0 Å². The van der Waals surface area contributed by atoms with Crippen molar-refractivity contribution in [3.63, 3.8) is 0 Å². The predicted molar refractivity (Wildman–Crippen MR) is 81.4 cm³/mol. The topological polar surface area (TPSA) is 46.6 Å². The fourth-order valence-corrected chi connectivity index (χ4v) is 2.95. The number of benzene rings is 1. The number of amides is 1. The van der Waals surface area contributed by atoms with Crippen molar-refractivity contribution in [2.75, 3.05) is 19.7 Å². The number of rotatable bonds is 3. The summed E-state index contributed by atoms with van der Waals surface area (Å²) in [6.45, 7) is 5.15. The first-order chi connectivity index (χ1) is 10.0. The van der Waals surface area contributed by atoms with Gasteiger partial charge in [-0.25, -0.2) is 0 Å². The van der Waals surface area contributed by atoms with E-state index in [2.05, 4.69) is 0 Å². The largest absolute Gasteiger partial charge is 0.466 e. The second-order valence-electron chi connectivity index (χ2n) is 5.36. The lowest BCUT2D eigenvalue weighted by molar-refractivity contribution is -0.149. The predicted octanol–water partition coefficient (Wildman–Crippen LogP) is 3.06. The number of esters is 1. The molecule has 114 valence electrons. The van der Waals surface area contributed by atoms with Gasteiger partial charge in [0.05, 0.1) is 12.5 Å². The zero-order valence-electron chi connectivity index (χ0n) is 12.4. The summed E-state index contributed by atoms with van der Waals surface area (Å²) in [5.41, 5.74) is 1.52. The first-order valence-corrected chi connectivity index (χ1v) is 7.62. The molecule has 1 aromatic carbocycles. The van der Waals surface area contributed by atoms with E-state index in [-0.39, 0.29) is 17.8 Å². The Bertz CT molecular complexity index is 524. The molecule has 0 radical (unpaired) electrons. The standard InChI is InChI=1S/C16H20ClNO3/c1-3-21-16(20)12-5-4-6-18(10-12)15(19)13-7-11(2)8-14(17)9-13/h7-9,12H,3-6,10H2,1-2H3/t12-/m0/s1. The molecule has 1 atom stereocenters. The Morgan fingerprint density at radius 2 is 2.14 bits per heavy atom. The van der Waals surface area contributed by atoms with Crippen LogP contribution in [0, 0.1) is 12.8 Å². The summed E-state index contributed by atoms with van der Waals surface area (Å²) in [6, 6.07) is 5.31. The maximum absolute atomic E-state index is 12.5. The summed E-state index contributed by atoms with van der Waals surface area (Å²) in [4.78, 5) is 26.1. The molecule has 5 heteroatoms. The van der Waals surface area contributed by atoms with Crippen LogP contribution in [0.4, 0.5) is 0 Å². The molecular weight excluding hydrogens is 290 g/mol. The number of hydrogen-bond acceptors (Lipinski definition) is 3. The second kappa shape index (κ2) is 6.94. The van der Waals surface area contributed by atoms with Crippen LogP contribution in [0.15, 0.2) is 18.2 Å². The van der Waals surface area contributed by atoms with Crippen LogP contribution in [-0.4, -0.2) is 36.5 Å². The lowest BCUT2D eigenvalue weighted by atomic mass is 9.97. The van der Waals surface area contributed by atoms with Crippen LogP contribution < -0.4 is 0 Å². The fraction of sp³-hybridized carbons (Fsp3) is 0.500. The first kappa shape index (κ1) is 15.8. The average Bonchev–Trinajstić information content (AvgIpc) is 2.46. The molecule has 21 heavy (non-hydrogen) atoms. The molecule has 0 aromatic heterocycles. The van der Waals surface area contributed by atoms with Gasteiger partial charge in [-0.05, 0) is 50.5 Å². The van der Waals surface area contributed by atoms with Gasteiger partial charge in [0.2, 0.25) is 0 Å². The van der Waals surface area contributed by atoms with Crippen molar-refractivity contribution in [3.8, 4) is 0 Å². The minimum absolute atomic E-state index is 0.0744. The molecule has 1 fully saturated rings. The van der Waals surface area contributed by atoms with Crippen LogP contribution in [0.2, 0.25) is 5.02 Å². The number of nitrogens with zero attached hydrogens (tertiary/aromatic N) is 1. The van der Waals surface area contributed by atoms with Gasteiger partial charge in [-0.1, -0.05) is 11.6 Å². The molecular formula is C16H20ClNO3. The van der Waals surface area contributed by atoms with Gasteiger partial charge < -0.3 is 9.64 Å². The average molecular weight is 310 g/mol. The Labute approximate surface area is 130 Å². The van der Waals surface area contributed by atoms with E-state index in [1.54, 1.807) is 17.9 Å². The van der Waals surface area contributed by atoms with Crippen LogP contribution in [0.3, 0.4) is 0 Å². The van der Waals surface area contributed by atoms with Crippen molar-refractivity contribution >= 4 is 23.5 Å². The highest BCUT2D eigenvalue weighted by Gasteiger charge is 2.29. The van der Waals surface area contributed by atoms with Gasteiger partial charge in [0, 0.05) is 23.7 Å². The van der Waals surface area contributed by atoms with E-state index in [9.17, 15) is 9.59 Å². The van der Waals surface area contributed by atoms with Gasteiger partial charge in [0.1, 0.15) is 0 Å². The molecule has 1 aliphatic rings.